The van der Waals surface area contributed by atoms with E-state index in [0.717, 1.165) is 116 Å². The van der Waals surface area contributed by atoms with Crippen LogP contribution in [0.3, 0.4) is 0 Å². The number of benzene rings is 12. The zero-order valence-corrected chi connectivity index (χ0v) is 42.6. The van der Waals surface area contributed by atoms with Gasteiger partial charge in [0.1, 0.15) is 0 Å². The van der Waals surface area contributed by atoms with Crippen molar-refractivity contribution in [2.45, 2.75) is 0 Å². The van der Waals surface area contributed by atoms with E-state index < -0.39 is 7.38 Å². The first-order valence-corrected chi connectivity index (χ1v) is 28.4. The molecular formula is C72H51ClSi. The van der Waals surface area contributed by atoms with Crippen LogP contribution in [0.2, 0.25) is 0 Å². The maximum atomic E-state index is 9.98. The van der Waals surface area contributed by atoms with Crippen LogP contribution in [-0.2, 0) is 0 Å². The van der Waals surface area contributed by atoms with Crippen molar-refractivity contribution >= 4 is 34.0 Å². The lowest BCUT2D eigenvalue weighted by atomic mass is 9.92. The summed E-state index contributed by atoms with van der Waals surface area (Å²) in [4.78, 5) is 0. The van der Waals surface area contributed by atoms with E-state index in [1.165, 1.54) is 0 Å². The average Bonchev–Trinajstić information content (AvgIpc) is 3.50. The fourth-order valence-corrected chi connectivity index (χ4v) is 17.0. The maximum Gasteiger partial charge on any atom is 0.251 e. The van der Waals surface area contributed by atoms with Crippen molar-refractivity contribution in [3.05, 3.63) is 309 Å². The number of hydrogen-bond acceptors (Lipinski definition) is 0. The summed E-state index contributed by atoms with van der Waals surface area (Å²) in [5.74, 6) is 0. The van der Waals surface area contributed by atoms with E-state index in [1.807, 2.05) is 0 Å². The van der Waals surface area contributed by atoms with E-state index in [2.05, 4.69) is 309 Å². The number of rotatable bonds is 12. The molecule has 0 radical (unpaired) electrons. The van der Waals surface area contributed by atoms with Crippen LogP contribution in [0.4, 0.5) is 0 Å². The Bertz CT molecular complexity index is 3240. The molecule has 0 amide bonds. The molecule has 0 fully saturated rings. The molecule has 0 bridgehead atoms. The van der Waals surface area contributed by atoms with Crippen LogP contribution in [0.5, 0.6) is 0 Å². The second-order valence-corrected chi connectivity index (χ2v) is 23.3. The third kappa shape index (κ3) is 8.94. The van der Waals surface area contributed by atoms with Crippen LogP contribution in [-0.4, -0.2) is 7.38 Å². The topological polar surface area (TPSA) is 0 Å². The molecule has 0 saturated heterocycles. The summed E-state index contributed by atoms with van der Waals surface area (Å²) in [5.41, 5.74) is 20.0. The largest absolute Gasteiger partial charge is 0.251 e. The van der Waals surface area contributed by atoms with Crippen LogP contribution in [0.1, 0.15) is 0 Å². The number of halogens is 1. The van der Waals surface area contributed by atoms with Gasteiger partial charge in [0.25, 0.3) is 7.38 Å². The second kappa shape index (κ2) is 20.7. The standard InChI is InChI=1S/C72H51ClSi/c73-74(70-64(55-34-16-4-17-35-55)46-61(52-28-10-1-11-29-52)47-65(70)56-36-18-5-19-37-56,71-66(57-38-20-6-21-39-57)48-62(53-30-12-2-13-31-53)49-67(71)58-40-22-7-23-41-58)72-68(59-42-24-8-25-43-59)50-63(54-32-14-3-15-33-54)51-69(72)60-44-26-9-27-45-60/h1-51H. The molecule has 0 N–H and O–H groups in total. The lowest BCUT2D eigenvalue weighted by Crippen LogP contribution is -2.66. The Kier molecular flexibility index (Phi) is 12.9. The predicted molar refractivity (Wildman–Crippen MR) is 319 cm³/mol. The first kappa shape index (κ1) is 46.2. The minimum Gasteiger partial charge on any atom is -0.149 e. The van der Waals surface area contributed by atoms with Gasteiger partial charge in [-0.3, -0.25) is 0 Å². The van der Waals surface area contributed by atoms with Crippen molar-refractivity contribution in [3.8, 4) is 100 Å². The average molecular weight is 980 g/mol. The van der Waals surface area contributed by atoms with Crippen LogP contribution < -0.4 is 15.6 Å². The molecule has 350 valence electrons. The summed E-state index contributed by atoms with van der Waals surface area (Å²) in [5, 5.41) is 3.37. The first-order chi connectivity index (χ1) is 36.6. The van der Waals surface area contributed by atoms with Gasteiger partial charge in [-0.05, 0) is 152 Å². The zero-order chi connectivity index (χ0) is 49.7. The van der Waals surface area contributed by atoms with E-state index >= 15 is 0 Å². The summed E-state index contributed by atoms with van der Waals surface area (Å²) in [6, 6.07) is 113. The lowest BCUT2D eigenvalue weighted by molar-refractivity contribution is 1.56. The molecule has 0 unspecified atom stereocenters. The van der Waals surface area contributed by atoms with Crippen molar-refractivity contribution < 1.29 is 0 Å². The zero-order valence-electron chi connectivity index (χ0n) is 40.8. The molecule has 12 aromatic rings. The van der Waals surface area contributed by atoms with Gasteiger partial charge >= 0.3 is 0 Å². The van der Waals surface area contributed by atoms with Gasteiger partial charge in [0.2, 0.25) is 0 Å². The van der Waals surface area contributed by atoms with Crippen LogP contribution in [0.25, 0.3) is 100 Å². The summed E-state index contributed by atoms with van der Waals surface area (Å²) in [7, 11) is -4.14. The van der Waals surface area contributed by atoms with Crippen molar-refractivity contribution in [1.82, 2.24) is 0 Å². The molecule has 0 aliphatic heterocycles. The number of hydrogen-bond donors (Lipinski definition) is 0. The Balaban J connectivity index is 1.38. The molecule has 0 atom stereocenters. The highest BCUT2D eigenvalue weighted by molar-refractivity contribution is 7.42. The highest BCUT2D eigenvalue weighted by Gasteiger charge is 2.49. The summed E-state index contributed by atoms with van der Waals surface area (Å²) in [6.07, 6.45) is 0. The minimum absolute atomic E-state index is 1.10. The SMILES string of the molecule is Cl[Si](c1c(-c2ccccc2)cc(-c2ccccc2)cc1-c1ccccc1)(c1c(-c2ccccc2)cc(-c2ccccc2)cc1-c1ccccc1)c1c(-c2ccccc2)cc(-c2ccccc2)cc1-c1ccccc1. The van der Waals surface area contributed by atoms with E-state index in [4.69, 9.17) is 0 Å². The highest BCUT2D eigenvalue weighted by atomic mass is 35.6. The maximum absolute atomic E-state index is 9.98. The Labute approximate surface area is 440 Å². The van der Waals surface area contributed by atoms with Crippen LogP contribution in [0, 0.1) is 0 Å². The predicted octanol–water partition coefficient (Wildman–Crippen LogP) is 17.9. The third-order valence-corrected chi connectivity index (χ3v) is 19.7. The molecule has 0 aliphatic rings. The quantitative estimate of drug-likeness (QED) is 0.0650. The van der Waals surface area contributed by atoms with Gasteiger partial charge in [-0.25, -0.2) is 0 Å². The first-order valence-electron chi connectivity index (χ1n) is 25.3. The van der Waals surface area contributed by atoms with Gasteiger partial charge in [0.05, 0.1) is 0 Å². The van der Waals surface area contributed by atoms with Crippen molar-refractivity contribution in [2.24, 2.45) is 0 Å². The van der Waals surface area contributed by atoms with Gasteiger partial charge < -0.3 is 0 Å². The Morgan fingerprint density at radius 3 is 0.446 bits per heavy atom. The van der Waals surface area contributed by atoms with Crippen molar-refractivity contribution in [3.63, 3.8) is 0 Å². The molecule has 0 spiro atoms. The summed E-state index contributed by atoms with van der Waals surface area (Å²) >= 11 is 9.98. The Hall–Kier alpha value is -8.85. The van der Waals surface area contributed by atoms with E-state index in [-0.39, 0.29) is 0 Å². The van der Waals surface area contributed by atoms with E-state index in [0.29, 0.717) is 0 Å². The normalized spacial score (nSPS) is 11.3. The molecule has 0 nitrogen and oxygen atoms in total. The fraction of sp³-hybridized carbons (Fsp3) is 0. The lowest BCUT2D eigenvalue weighted by Gasteiger charge is -2.38. The van der Waals surface area contributed by atoms with Gasteiger partial charge in [0, 0.05) is 0 Å². The molecule has 0 aromatic heterocycles. The van der Waals surface area contributed by atoms with Crippen LogP contribution >= 0.6 is 11.1 Å². The minimum atomic E-state index is -4.14. The van der Waals surface area contributed by atoms with Crippen molar-refractivity contribution in [2.75, 3.05) is 0 Å². The molecule has 2 heteroatoms. The molecule has 12 rings (SSSR count). The van der Waals surface area contributed by atoms with Gasteiger partial charge in [-0.2, -0.15) is 0 Å². The Morgan fingerprint density at radius 1 is 0.162 bits per heavy atom. The van der Waals surface area contributed by atoms with Gasteiger partial charge in [-0.15, -0.1) is 11.1 Å². The summed E-state index contributed by atoms with van der Waals surface area (Å²) < 4.78 is 0. The second-order valence-electron chi connectivity index (χ2n) is 18.8. The monoisotopic (exact) mass is 978 g/mol. The third-order valence-electron chi connectivity index (χ3n) is 14.3. The molecule has 12 aromatic carbocycles. The fourth-order valence-electron chi connectivity index (χ4n) is 10.9. The highest BCUT2D eigenvalue weighted by Crippen LogP contribution is 2.43. The molecule has 0 heterocycles. The smallest absolute Gasteiger partial charge is 0.149 e. The van der Waals surface area contributed by atoms with Gasteiger partial charge in [0.15, 0.2) is 0 Å². The molecular weight excluding hydrogens is 928 g/mol. The Morgan fingerprint density at radius 2 is 0.297 bits per heavy atom. The molecule has 0 saturated carbocycles. The van der Waals surface area contributed by atoms with Gasteiger partial charge in [-0.1, -0.05) is 273 Å². The molecule has 0 aliphatic carbocycles. The van der Waals surface area contributed by atoms with Crippen molar-refractivity contribution in [1.29, 1.82) is 0 Å². The van der Waals surface area contributed by atoms with E-state index in [9.17, 15) is 11.1 Å². The molecule has 74 heavy (non-hydrogen) atoms. The van der Waals surface area contributed by atoms with E-state index in [1.54, 1.807) is 0 Å². The summed E-state index contributed by atoms with van der Waals surface area (Å²) in [6.45, 7) is 0. The van der Waals surface area contributed by atoms with Crippen LogP contribution in [0.15, 0.2) is 309 Å².